The number of carbonyl (C=O) groups excluding carboxylic acids is 1. The van der Waals surface area contributed by atoms with Crippen LogP contribution in [0.15, 0.2) is 49.1 Å². The maximum atomic E-state index is 13.1. The molecule has 1 aromatic carbocycles. The Morgan fingerprint density at radius 1 is 1.06 bits per heavy atom. The summed E-state index contributed by atoms with van der Waals surface area (Å²) in [5.74, 6) is 1.28. The van der Waals surface area contributed by atoms with Gasteiger partial charge in [0.25, 0.3) is 0 Å². The molecule has 1 aliphatic heterocycles. The van der Waals surface area contributed by atoms with Gasteiger partial charge in [0.05, 0.1) is 11.8 Å². The number of para-hydroxylation sites is 1. The van der Waals surface area contributed by atoms with Gasteiger partial charge in [0.15, 0.2) is 0 Å². The Balaban J connectivity index is 1.05. The van der Waals surface area contributed by atoms with Crippen molar-refractivity contribution in [2.24, 2.45) is 5.41 Å². The van der Waals surface area contributed by atoms with Gasteiger partial charge in [-0.05, 0) is 61.6 Å². The number of amides is 1. The van der Waals surface area contributed by atoms with E-state index in [2.05, 4.69) is 55.0 Å². The van der Waals surface area contributed by atoms with Crippen LogP contribution in [0.25, 0.3) is 21.9 Å². The maximum Gasteiger partial charge on any atom is 0.227 e. The van der Waals surface area contributed by atoms with Gasteiger partial charge < -0.3 is 19.8 Å². The molecule has 4 heterocycles. The van der Waals surface area contributed by atoms with E-state index in [-0.39, 0.29) is 5.91 Å². The zero-order valence-corrected chi connectivity index (χ0v) is 19.8. The Kier molecular flexibility index (Phi) is 5.27. The van der Waals surface area contributed by atoms with Crippen LogP contribution in [0.3, 0.4) is 0 Å². The van der Waals surface area contributed by atoms with Gasteiger partial charge in [0.1, 0.15) is 17.8 Å². The molecule has 3 aromatic heterocycles. The van der Waals surface area contributed by atoms with Crippen LogP contribution in [-0.4, -0.2) is 56.9 Å². The predicted octanol–water partition coefficient (Wildman–Crippen LogP) is 4.67. The molecule has 0 bridgehead atoms. The van der Waals surface area contributed by atoms with Gasteiger partial charge >= 0.3 is 0 Å². The van der Waals surface area contributed by atoms with Crippen LogP contribution < -0.4 is 4.90 Å². The third-order valence-electron chi connectivity index (χ3n) is 8.42. The Morgan fingerprint density at radius 2 is 1.85 bits per heavy atom. The van der Waals surface area contributed by atoms with Gasteiger partial charge in [-0.25, -0.2) is 9.97 Å². The number of nitrogens with one attached hydrogen (secondary N) is 2. The Hall–Kier alpha value is -3.35. The van der Waals surface area contributed by atoms with Crippen molar-refractivity contribution in [3.63, 3.8) is 0 Å². The van der Waals surface area contributed by atoms with Crippen molar-refractivity contribution >= 4 is 33.7 Å². The van der Waals surface area contributed by atoms with Crippen LogP contribution in [0.1, 0.15) is 44.1 Å². The molecule has 0 atom stereocenters. The molecule has 1 spiro atoms. The summed E-state index contributed by atoms with van der Waals surface area (Å²) in [5.41, 5.74) is 3.49. The normalized spacial score (nSPS) is 18.7. The minimum absolute atomic E-state index is 0.257. The zero-order valence-electron chi connectivity index (χ0n) is 19.8. The average molecular weight is 457 g/mol. The standard InChI is InChI=1S/C27H32N6O/c1-32(26-22-8-13-28-25(22)30-18-31-26)20-6-9-27(10-7-20)11-14-33(15-12-27)24(34)16-19-17-29-23-5-3-2-4-21(19)23/h2-5,8,13,17-18,20,29H,6-7,9-12,14-16H2,1H3,(H,28,30,31). The number of aromatic amines is 2. The number of carbonyl (C=O) groups is 1. The van der Waals surface area contributed by atoms with E-state index >= 15 is 0 Å². The van der Waals surface area contributed by atoms with Crippen molar-refractivity contribution in [1.29, 1.82) is 0 Å². The van der Waals surface area contributed by atoms with Crippen molar-refractivity contribution in [3.8, 4) is 0 Å². The Labute approximate surface area is 199 Å². The predicted molar refractivity (Wildman–Crippen MR) is 135 cm³/mol. The lowest BCUT2D eigenvalue weighted by molar-refractivity contribution is -0.133. The average Bonchev–Trinajstić information content (AvgIpc) is 3.52. The highest BCUT2D eigenvalue weighted by Gasteiger charge is 2.40. The van der Waals surface area contributed by atoms with Crippen LogP contribution in [0.5, 0.6) is 0 Å². The van der Waals surface area contributed by atoms with Gasteiger partial charge in [0, 0.05) is 49.5 Å². The van der Waals surface area contributed by atoms with Crippen molar-refractivity contribution in [3.05, 3.63) is 54.6 Å². The summed E-state index contributed by atoms with van der Waals surface area (Å²) in [6, 6.07) is 10.8. The summed E-state index contributed by atoms with van der Waals surface area (Å²) in [6.45, 7) is 1.77. The summed E-state index contributed by atoms with van der Waals surface area (Å²) in [7, 11) is 2.17. The molecule has 4 aromatic rings. The Bertz CT molecular complexity index is 1300. The number of aromatic nitrogens is 4. The van der Waals surface area contributed by atoms with E-state index < -0.39 is 0 Å². The first-order chi connectivity index (χ1) is 16.6. The number of H-pyrrole nitrogens is 2. The fourth-order valence-electron chi connectivity index (χ4n) is 6.20. The minimum Gasteiger partial charge on any atom is -0.361 e. The lowest BCUT2D eigenvalue weighted by atomic mass is 9.66. The highest BCUT2D eigenvalue weighted by molar-refractivity contribution is 5.89. The number of piperidine rings is 1. The fraction of sp³-hybridized carbons (Fsp3) is 0.444. The minimum atomic E-state index is 0.257. The molecule has 6 rings (SSSR count). The van der Waals surface area contributed by atoms with E-state index in [0.29, 0.717) is 17.9 Å². The number of rotatable bonds is 4. The number of fused-ring (bicyclic) bond motifs is 2. The number of hydrogen-bond donors (Lipinski definition) is 2. The second kappa shape index (κ2) is 8.46. The van der Waals surface area contributed by atoms with Crippen molar-refractivity contribution < 1.29 is 4.79 Å². The molecule has 0 unspecified atom stereocenters. The van der Waals surface area contributed by atoms with Crippen LogP contribution in [0.4, 0.5) is 5.82 Å². The van der Waals surface area contributed by atoms with Crippen LogP contribution in [0.2, 0.25) is 0 Å². The van der Waals surface area contributed by atoms with Gasteiger partial charge in [-0.1, -0.05) is 18.2 Å². The molecule has 0 radical (unpaired) electrons. The van der Waals surface area contributed by atoms with E-state index in [0.717, 1.165) is 59.2 Å². The number of nitrogens with zero attached hydrogens (tertiary/aromatic N) is 4. The fourth-order valence-corrected chi connectivity index (χ4v) is 6.20. The molecule has 2 aliphatic rings. The smallest absolute Gasteiger partial charge is 0.227 e. The largest absolute Gasteiger partial charge is 0.361 e. The molecule has 176 valence electrons. The van der Waals surface area contributed by atoms with Crippen molar-refractivity contribution in [1.82, 2.24) is 24.8 Å². The molecular weight excluding hydrogens is 424 g/mol. The van der Waals surface area contributed by atoms with E-state index in [9.17, 15) is 4.79 Å². The van der Waals surface area contributed by atoms with Crippen LogP contribution in [-0.2, 0) is 11.2 Å². The summed E-state index contributed by atoms with van der Waals surface area (Å²) in [5, 5.41) is 2.25. The second-order valence-electron chi connectivity index (χ2n) is 10.2. The van der Waals surface area contributed by atoms with E-state index in [4.69, 9.17) is 0 Å². The number of anilines is 1. The highest BCUT2D eigenvalue weighted by Crippen LogP contribution is 2.46. The van der Waals surface area contributed by atoms with Crippen LogP contribution in [0, 0.1) is 5.41 Å². The van der Waals surface area contributed by atoms with Crippen molar-refractivity contribution in [2.45, 2.75) is 51.0 Å². The number of hydrogen-bond acceptors (Lipinski definition) is 4. The molecule has 7 heteroatoms. The van der Waals surface area contributed by atoms with E-state index in [1.807, 2.05) is 24.5 Å². The van der Waals surface area contributed by atoms with Gasteiger partial charge in [-0.15, -0.1) is 0 Å². The van der Waals surface area contributed by atoms with E-state index in [1.165, 1.54) is 25.7 Å². The molecular formula is C27H32N6O. The molecule has 1 saturated heterocycles. The number of likely N-dealkylation sites (tertiary alicyclic amines) is 1. The second-order valence-corrected chi connectivity index (χ2v) is 10.2. The molecule has 34 heavy (non-hydrogen) atoms. The SMILES string of the molecule is CN(c1ncnc2[nH]ccc12)C1CCC2(CC1)CCN(C(=O)Cc1c[nH]c3ccccc13)CC2. The third-order valence-corrected chi connectivity index (χ3v) is 8.42. The third kappa shape index (κ3) is 3.73. The molecule has 1 aliphatic carbocycles. The lowest BCUT2D eigenvalue weighted by Crippen LogP contribution is -2.47. The molecule has 1 saturated carbocycles. The van der Waals surface area contributed by atoms with Gasteiger partial charge in [-0.2, -0.15) is 0 Å². The number of benzene rings is 1. The van der Waals surface area contributed by atoms with E-state index in [1.54, 1.807) is 6.33 Å². The summed E-state index contributed by atoms with van der Waals surface area (Å²) < 4.78 is 0. The molecule has 2 fully saturated rings. The Morgan fingerprint density at radius 3 is 2.68 bits per heavy atom. The lowest BCUT2D eigenvalue weighted by Gasteiger charge is -2.47. The first-order valence-electron chi connectivity index (χ1n) is 12.5. The topological polar surface area (TPSA) is 80.9 Å². The van der Waals surface area contributed by atoms with Gasteiger partial charge in [-0.3, -0.25) is 4.79 Å². The summed E-state index contributed by atoms with van der Waals surface area (Å²) in [4.78, 5) is 32.9. The monoisotopic (exact) mass is 456 g/mol. The van der Waals surface area contributed by atoms with Crippen LogP contribution >= 0.6 is 0 Å². The zero-order chi connectivity index (χ0) is 23.1. The summed E-state index contributed by atoms with van der Waals surface area (Å²) in [6.07, 6.45) is 13.1. The maximum absolute atomic E-state index is 13.1. The molecule has 2 N–H and O–H groups in total. The molecule has 7 nitrogen and oxygen atoms in total. The van der Waals surface area contributed by atoms with Gasteiger partial charge in [0.2, 0.25) is 5.91 Å². The van der Waals surface area contributed by atoms with Crippen molar-refractivity contribution in [2.75, 3.05) is 25.0 Å². The highest BCUT2D eigenvalue weighted by atomic mass is 16.2. The first kappa shape index (κ1) is 21.2. The first-order valence-corrected chi connectivity index (χ1v) is 12.5. The summed E-state index contributed by atoms with van der Waals surface area (Å²) >= 11 is 0. The molecule has 1 amide bonds. The quantitative estimate of drug-likeness (QED) is 0.468.